The van der Waals surface area contributed by atoms with Crippen LogP contribution < -0.4 is 10.2 Å². The Morgan fingerprint density at radius 1 is 1.15 bits per heavy atom. The van der Waals surface area contributed by atoms with E-state index in [4.69, 9.17) is 0 Å². The third-order valence-electron chi connectivity index (χ3n) is 6.03. The van der Waals surface area contributed by atoms with E-state index in [-0.39, 0.29) is 11.8 Å². The van der Waals surface area contributed by atoms with E-state index in [2.05, 4.69) is 44.3 Å². The number of carbonyl (C=O) groups is 2. The number of para-hydroxylation sites is 1. The van der Waals surface area contributed by atoms with Gasteiger partial charge < -0.3 is 10.2 Å². The molecule has 0 radical (unpaired) electrons. The van der Waals surface area contributed by atoms with E-state index in [9.17, 15) is 9.59 Å². The van der Waals surface area contributed by atoms with Gasteiger partial charge in [-0.2, -0.15) is 11.8 Å². The average Bonchev–Trinajstić information content (AvgIpc) is 2.81. The lowest BCUT2D eigenvalue weighted by molar-refractivity contribution is -0.128. The first-order valence-electron chi connectivity index (χ1n) is 11.9. The summed E-state index contributed by atoms with van der Waals surface area (Å²) in [5, 5.41) is 2.63. The number of benzene rings is 2. The summed E-state index contributed by atoms with van der Waals surface area (Å²) < 4.78 is 0. The number of rotatable bonds is 11. The molecule has 1 aliphatic rings. The van der Waals surface area contributed by atoms with Crippen molar-refractivity contribution >= 4 is 41.0 Å². The molecule has 6 heteroatoms. The number of nitrogens with zero attached hydrogens (tertiary/aromatic N) is 1. The fourth-order valence-corrected chi connectivity index (χ4v) is 6.22. The fraction of sp³-hybridized carbons (Fsp3) is 0.481. The van der Waals surface area contributed by atoms with Crippen molar-refractivity contribution in [2.45, 2.75) is 63.6 Å². The third-order valence-corrected chi connectivity index (χ3v) is 8.64. The number of amides is 2. The van der Waals surface area contributed by atoms with Gasteiger partial charge in [0.25, 0.3) is 0 Å². The van der Waals surface area contributed by atoms with Gasteiger partial charge in [0.1, 0.15) is 5.25 Å². The highest BCUT2D eigenvalue weighted by atomic mass is 32.2. The Labute approximate surface area is 207 Å². The van der Waals surface area contributed by atoms with Crippen LogP contribution in [-0.4, -0.2) is 35.1 Å². The van der Waals surface area contributed by atoms with Gasteiger partial charge in [-0.3, -0.25) is 9.59 Å². The van der Waals surface area contributed by atoms with Gasteiger partial charge in [-0.05, 0) is 61.5 Å². The van der Waals surface area contributed by atoms with E-state index in [0.29, 0.717) is 13.1 Å². The first-order valence-corrected chi connectivity index (χ1v) is 13.9. The topological polar surface area (TPSA) is 49.4 Å². The molecular formula is C27H36N2O2S2. The van der Waals surface area contributed by atoms with Gasteiger partial charge in [-0.15, -0.1) is 11.8 Å². The molecule has 2 amide bonds. The molecule has 0 fully saturated rings. The van der Waals surface area contributed by atoms with E-state index in [1.807, 2.05) is 47.9 Å². The fourth-order valence-electron chi connectivity index (χ4n) is 3.89. The van der Waals surface area contributed by atoms with Crippen molar-refractivity contribution in [2.75, 3.05) is 23.0 Å². The van der Waals surface area contributed by atoms with Gasteiger partial charge in [0.05, 0.1) is 18.2 Å². The molecule has 1 heterocycles. The van der Waals surface area contributed by atoms with Crippen LogP contribution in [0.5, 0.6) is 0 Å². The Kier molecular flexibility index (Phi) is 9.75. The zero-order valence-electron chi connectivity index (χ0n) is 20.2. The first kappa shape index (κ1) is 25.7. The molecule has 0 spiro atoms. The second-order valence-electron chi connectivity index (χ2n) is 8.76. The number of carbonyl (C=O) groups excluding carboxylic acids is 2. The van der Waals surface area contributed by atoms with Gasteiger partial charge >= 0.3 is 0 Å². The van der Waals surface area contributed by atoms with Crippen molar-refractivity contribution in [1.82, 2.24) is 5.32 Å². The SMILES string of the molecule is CCCCSCCCNC(=O)[C@@H](C)[C@H]1Sc2ccccc2N(Cc2cc(C)ccc2C)C1=O. The van der Waals surface area contributed by atoms with E-state index in [1.165, 1.54) is 41.5 Å². The highest BCUT2D eigenvalue weighted by Crippen LogP contribution is 2.42. The van der Waals surface area contributed by atoms with Gasteiger partial charge in [0, 0.05) is 11.4 Å². The van der Waals surface area contributed by atoms with Gasteiger partial charge in [0.2, 0.25) is 11.8 Å². The summed E-state index contributed by atoms with van der Waals surface area (Å²) in [6.45, 7) is 9.42. The molecule has 0 bridgehead atoms. The molecule has 0 saturated heterocycles. The number of hydrogen-bond acceptors (Lipinski definition) is 4. The predicted octanol–water partition coefficient (Wildman–Crippen LogP) is 5.99. The Bertz CT molecular complexity index is 963. The molecule has 4 nitrogen and oxygen atoms in total. The Morgan fingerprint density at radius 3 is 2.70 bits per heavy atom. The zero-order valence-corrected chi connectivity index (χ0v) is 21.9. The number of aryl methyl sites for hydroxylation is 2. The highest BCUT2D eigenvalue weighted by Gasteiger charge is 2.39. The molecule has 178 valence electrons. The first-order chi connectivity index (χ1) is 15.9. The monoisotopic (exact) mass is 484 g/mol. The van der Waals surface area contributed by atoms with Crippen molar-refractivity contribution in [1.29, 1.82) is 0 Å². The molecule has 0 unspecified atom stereocenters. The van der Waals surface area contributed by atoms with Crippen LogP contribution in [0.1, 0.15) is 49.8 Å². The molecule has 33 heavy (non-hydrogen) atoms. The van der Waals surface area contributed by atoms with E-state index in [1.54, 1.807) is 0 Å². The van der Waals surface area contributed by atoms with Crippen LogP contribution in [0.4, 0.5) is 5.69 Å². The summed E-state index contributed by atoms with van der Waals surface area (Å²) >= 11 is 3.47. The summed E-state index contributed by atoms with van der Waals surface area (Å²) in [5.41, 5.74) is 4.42. The predicted molar refractivity (Wildman–Crippen MR) is 142 cm³/mol. The molecule has 2 aromatic rings. The summed E-state index contributed by atoms with van der Waals surface area (Å²) in [6, 6.07) is 14.4. The number of fused-ring (bicyclic) bond motifs is 1. The quantitative estimate of drug-likeness (QED) is 0.398. The van der Waals surface area contributed by atoms with Crippen LogP contribution >= 0.6 is 23.5 Å². The average molecular weight is 485 g/mol. The van der Waals surface area contributed by atoms with E-state index < -0.39 is 11.2 Å². The van der Waals surface area contributed by atoms with Crippen LogP contribution in [0.2, 0.25) is 0 Å². The van der Waals surface area contributed by atoms with Crippen LogP contribution in [0, 0.1) is 19.8 Å². The molecule has 0 aliphatic carbocycles. The van der Waals surface area contributed by atoms with Crippen LogP contribution in [0.3, 0.4) is 0 Å². The minimum absolute atomic E-state index is 0.0115. The second kappa shape index (κ2) is 12.5. The van der Waals surface area contributed by atoms with Gasteiger partial charge in [-0.25, -0.2) is 0 Å². The lowest BCUT2D eigenvalue weighted by atomic mass is 10.0. The Morgan fingerprint density at radius 2 is 1.91 bits per heavy atom. The van der Waals surface area contributed by atoms with Crippen molar-refractivity contribution in [3.05, 3.63) is 59.2 Å². The van der Waals surface area contributed by atoms with E-state index in [0.717, 1.165) is 28.3 Å². The summed E-state index contributed by atoms with van der Waals surface area (Å²) in [6.07, 6.45) is 3.42. The van der Waals surface area contributed by atoms with Gasteiger partial charge in [-0.1, -0.05) is 56.2 Å². The maximum absolute atomic E-state index is 13.6. The zero-order chi connectivity index (χ0) is 23.8. The minimum atomic E-state index is -0.427. The highest BCUT2D eigenvalue weighted by molar-refractivity contribution is 8.01. The lowest BCUT2D eigenvalue weighted by Crippen LogP contribution is -2.47. The third kappa shape index (κ3) is 6.80. The molecule has 3 rings (SSSR count). The standard InChI is InChI=1S/C27H36N2O2S2/c1-5-6-15-32-16-9-14-28-26(30)21(4)25-27(31)29(23-10-7-8-11-24(23)33-25)18-22-17-19(2)12-13-20(22)3/h7-8,10-13,17,21,25H,5-6,9,14-16,18H2,1-4H3,(H,28,30)/t21-,25+/m0/s1. The van der Waals surface area contributed by atoms with Crippen LogP contribution in [0.25, 0.3) is 0 Å². The second-order valence-corrected chi connectivity index (χ2v) is 11.2. The normalized spacial score (nSPS) is 16.4. The van der Waals surface area contributed by atoms with Crippen molar-refractivity contribution < 1.29 is 9.59 Å². The van der Waals surface area contributed by atoms with Crippen molar-refractivity contribution in [3.63, 3.8) is 0 Å². The van der Waals surface area contributed by atoms with Crippen molar-refractivity contribution in [2.24, 2.45) is 5.92 Å². The molecule has 0 aromatic heterocycles. The Hall–Kier alpha value is -1.92. The van der Waals surface area contributed by atoms with Crippen molar-refractivity contribution in [3.8, 4) is 0 Å². The molecule has 0 saturated carbocycles. The molecule has 1 aliphatic heterocycles. The summed E-state index contributed by atoms with van der Waals surface area (Å²) in [4.78, 5) is 29.5. The van der Waals surface area contributed by atoms with Crippen LogP contribution in [0.15, 0.2) is 47.4 Å². The number of hydrogen-bond donors (Lipinski definition) is 1. The molecular weight excluding hydrogens is 448 g/mol. The molecule has 2 aromatic carbocycles. The Balaban J connectivity index is 1.68. The summed E-state index contributed by atoms with van der Waals surface area (Å²) in [5.74, 6) is 1.82. The van der Waals surface area contributed by atoms with E-state index >= 15 is 0 Å². The minimum Gasteiger partial charge on any atom is -0.356 e. The number of nitrogens with one attached hydrogen (secondary N) is 1. The lowest BCUT2D eigenvalue weighted by Gasteiger charge is -2.36. The molecule has 2 atom stereocenters. The number of unbranched alkanes of at least 4 members (excludes halogenated alkanes) is 1. The van der Waals surface area contributed by atoms with Crippen LogP contribution in [-0.2, 0) is 16.1 Å². The smallest absolute Gasteiger partial charge is 0.241 e. The largest absolute Gasteiger partial charge is 0.356 e. The van der Waals surface area contributed by atoms with Gasteiger partial charge in [0.15, 0.2) is 0 Å². The number of anilines is 1. The number of thioether (sulfide) groups is 2. The summed E-state index contributed by atoms with van der Waals surface area (Å²) in [7, 11) is 0. The maximum atomic E-state index is 13.6. The maximum Gasteiger partial charge on any atom is 0.241 e. The molecule has 1 N–H and O–H groups in total.